The average Bonchev–Trinajstić information content (AvgIpc) is 2.85. The number of nitrogens with one attached hydrogen (secondary N) is 1. The average molecular weight is 402 g/mol. The number of rotatable bonds is 5. The molecule has 0 unspecified atom stereocenters. The zero-order chi connectivity index (χ0) is 21.1. The molecule has 0 aliphatic rings. The van der Waals surface area contributed by atoms with E-state index in [1.807, 2.05) is 18.2 Å². The van der Waals surface area contributed by atoms with Crippen molar-refractivity contribution >= 4 is 22.1 Å². The monoisotopic (exact) mass is 401 g/mol. The van der Waals surface area contributed by atoms with Gasteiger partial charge < -0.3 is 5.32 Å². The number of fused-ring (bicyclic) bond motifs is 1. The molecule has 152 valence electrons. The first-order valence-electron chi connectivity index (χ1n) is 10.8. The first kappa shape index (κ1) is 20.4. The van der Waals surface area contributed by atoms with Crippen molar-refractivity contribution in [3.63, 3.8) is 0 Å². The van der Waals surface area contributed by atoms with Gasteiger partial charge in [-0.05, 0) is 59.0 Å². The Hall–Kier alpha value is -3.84. The van der Waals surface area contributed by atoms with E-state index in [1.54, 1.807) is 0 Å². The van der Waals surface area contributed by atoms with E-state index in [1.165, 1.54) is 21.9 Å². The third kappa shape index (κ3) is 6.32. The second-order valence-corrected chi connectivity index (χ2v) is 7.52. The zero-order valence-electron chi connectivity index (χ0n) is 17.6. The molecular formula is C30H27N. The lowest BCUT2D eigenvalue weighted by Gasteiger charge is -2.07. The Morgan fingerprint density at radius 3 is 1.45 bits per heavy atom. The van der Waals surface area contributed by atoms with Crippen LogP contribution in [-0.2, 0) is 12.8 Å². The summed E-state index contributed by atoms with van der Waals surface area (Å²) in [5.41, 5.74) is 5.06. The number of hydrogen-bond acceptors (Lipinski definition) is 1. The quantitative estimate of drug-likeness (QED) is 0.314. The Bertz CT molecular complexity index is 1140. The molecule has 0 aliphatic heterocycles. The number of aryl methyl sites for hydroxylation is 2. The Balaban J connectivity index is 0.000000152. The molecule has 0 amide bonds. The number of benzene rings is 5. The van der Waals surface area contributed by atoms with E-state index in [2.05, 4.69) is 121 Å². The molecule has 0 saturated heterocycles. The fourth-order valence-electron chi connectivity index (χ4n) is 3.53. The molecule has 0 fully saturated rings. The van der Waals surface area contributed by atoms with E-state index < -0.39 is 0 Å². The molecule has 1 nitrogen and oxygen atoms in total. The normalized spacial score (nSPS) is 10.2. The molecule has 0 spiro atoms. The highest BCUT2D eigenvalue weighted by atomic mass is 14.9. The summed E-state index contributed by atoms with van der Waals surface area (Å²) in [5.74, 6) is 0. The van der Waals surface area contributed by atoms with Gasteiger partial charge >= 0.3 is 0 Å². The van der Waals surface area contributed by atoms with E-state index in [0.29, 0.717) is 0 Å². The van der Waals surface area contributed by atoms with Gasteiger partial charge in [0.15, 0.2) is 0 Å². The maximum Gasteiger partial charge on any atom is 0.0390 e. The summed E-state index contributed by atoms with van der Waals surface area (Å²) >= 11 is 0. The fraction of sp³-hybridized carbons (Fsp3) is 0.0667. The van der Waals surface area contributed by atoms with E-state index in [0.717, 1.165) is 24.2 Å². The molecule has 5 aromatic rings. The molecule has 0 heterocycles. The van der Waals surface area contributed by atoms with E-state index in [-0.39, 0.29) is 0 Å². The molecule has 5 rings (SSSR count). The van der Waals surface area contributed by atoms with E-state index in [4.69, 9.17) is 0 Å². The van der Waals surface area contributed by atoms with Crippen molar-refractivity contribution in [1.29, 1.82) is 0 Å². The fourth-order valence-corrected chi connectivity index (χ4v) is 3.53. The minimum absolute atomic E-state index is 1.11. The lowest BCUT2D eigenvalue weighted by atomic mass is 10.0. The summed E-state index contributed by atoms with van der Waals surface area (Å²) in [6, 6.07) is 46.3. The standard InChI is InChI=1S/C16H13N.C14H14/c1-2-8-15(9-3-1)17-16-11-10-13-6-4-5-7-14(13)12-16;1-3-7-13(8-4-1)11-12-14-9-5-2-6-10-14/h1-12,17H;1-10H,11-12H2. The molecule has 0 bridgehead atoms. The SMILES string of the molecule is c1ccc(CCc2ccccc2)cc1.c1ccc(Nc2ccc3ccccc3c2)cc1. The minimum Gasteiger partial charge on any atom is -0.356 e. The van der Waals surface area contributed by atoms with Crippen molar-refractivity contribution in [2.24, 2.45) is 0 Å². The summed E-state index contributed by atoms with van der Waals surface area (Å²) < 4.78 is 0. The van der Waals surface area contributed by atoms with Gasteiger partial charge in [-0.25, -0.2) is 0 Å². The van der Waals surface area contributed by atoms with Crippen LogP contribution in [0.25, 0.3) is 10.8 Å². The van der Waals surface area contributed by atoms with Crippen molar-refractivity contribution in [2.45, 2.75) is 12.8 Å². The first-order valence-corrected chi connectivity index (χ1v) is 10.8. The summed E-state index contributed by atoms with van der Waals surface area (Å²) in [4.78, 5) is 0. The molecule has 0 saturated carbocycles. The maximum atomic E-state index is 3.40. The largest absolute Gasteiger partial charge is 0.356 e. The van der Waals surface area contributed by atoms with Crippen LogP contribution in [0.2, 0.25) is 0 Å². The van der Waals surface area contributed by atoms with Gasteiger partial charge in [-0.15, -0.1) is 0 Å². The Morgan fingerprint density at radius 2 is 0.871 bits per heavy atom. The van der Waals surface area contributed by atoms with Gasteiger partial charge in [-0.1, -0.05) is 109 Å². The van der Waals surface area contributed by atoms with Crippen LogP contribution < -0.4 is 5.32 Å². The van der Waals surface area contributed by atoms with Gasteiger partial charge in [0.25, 0.3) is 0 Å². The zero-order valence-corrected chi connectivity index (χ0v) is 17.6. The minimum atomic E-state index is 1.11. The Labute approximate surface area is 185 Å². The van der Waals surface area contributed by atoms with Crippen LogP contribution in [0.3, 0.4) is 0 Å². The second-order valence-electron chi connectivity index (χ2n) is 7.52. The summed E-state index contributed by atoms with van der Waals surface area (Å²) in [7, 11) is 0. The highest BCUT2D eigenvalue weighted by Crippen LogP contribution is 2.21. The summed E-state index contributed by atoms with van der Waals surface area (Å²) in [6.07, 6.45) is 2.26. The van der Waals surface area contributed by atoms with E-state index >= 15 is 0 Å². The topological polar surface area (TPSA) is 12.0 Å². The van der Waals surface area contributed by atoms with Crippen LogP contribution in [0.5, 0.6) is 0 Å². The molecule has 5 aromatic carbocycles. The molecule has 1 heteroatoms. The van der Waals surface area contributed by atoms with Crippen molar-refractivity contribution < 1.29 is 0 Å². The lowest BCUT2D eigenvalue weighted by Crippen LogP contribution is -1.89. The molecule has 0 atom stereocenters. The van der Waals surface area contributed by atoms with Crippen molar-refractivity contribution in [3.8, 4) is 0 Å². The van der Waals surface area contributed by atoms with Gasteiger partial charge in [-0.2, -0.15) is 0 Å². The van der Waals surface area contributed by atoms with Crippen LogP contribution in [0.1, 0.15) is 11.1 Å². The summed E-state index contributed by atoms with van der Waals surface area (Å²) in [6.45, 7) is 0. The molecule has 1 N–H and O–H groups in total. The van der Waals surface area contributed by atoms with Crippen LogP contribution in [0, 0.1) is 0 Å². The Kier molecular flexibility index (Phi) is 7.12. The molecular weight excluding hydrogens is 374 g/mol. The predicted octanol–water partition coefficient (Wildman–Crippen LogP) is 8.06. The number of hydrogen-bond donors (Lipinski definition) is 1. The van der Waals surface area contributed by atoms with Crippen LogP contribution in [0.15, 0.2) is 133 Å². The third-order valence-electron chi connectivity index (χ3n) is 5.20. The molecule has 0 aliphatic carbocycles. The van der Waals surface area contributed by atoms with Gasteiger partial charge in [0.05, 0.1) is 0 Å². The molecule has 31 heavy (non-hydrogen) atoms. The number of anilines is 2. The van der Waals surface area contributed by atoms with Crippen molar-refractivity contribution in [1.82, 2.24) is 0 Å². The van der Waals surface area contributed by atoms with E-state index in [9.17, 15) is 0 Å². The van der Waals surface area contributed by atoms with Crippen LogP contribution >= 0.6 is 0 Å². The van der Waals surface area contributed by atoms with Gasteiger partial charge in [-0.3, -0.25) is 0 Å². The smallest absolute Gasteiger partial charge is 0.0390 e. The molecule has 0 aromatic heterocycles. The second kappa shape index (κ2) is 10.8. The maximum absolute atomic E-state index is 3.40. The molecule has 0 radical (unpaired) electrons. The predicted molar refractivity (Wildman–Crippen MR) is 134 cm³/mol. The lowest BCUT2D eigenvalue weighted by molar-refractivity contribution is 0.960. The first-order chi connectivity index (χ1) is 15.4. The number of para-hydroxylation sites is 1. The van der Waals surface area contributed by atoms with Crippen LogP contribution in [0.4, 0.5) is 11.4 Å². The highest BCUT2D eigenvalue weighted by Gasteiger charge is 1.96. The van der Waals surface area contributed by atoms with Crippen LogP contribution in [-0.4, -0.2) is 0 Å². The Morgan fingerprint density at radius 1 is 0.387 bits per heavy atom. The highest BCUT2D eigenvalue weighted by molar-refractivity contribution is 5.86. The van der Waals surface area contributed by atoms with Crippen molar-refractivity contribution in [2.75, 3.05) is 5.32 Å². The van der Waals surface area contributed by atoms with Gasteiger partial charge in [0.2, 0.25) is 0 Å². The third-order valence-corrected chi connectivity index (χ3v) is 5.20. The van der Waals surface area contributed by atoms with Crippen molar-refractivity contribution in [3.05, 3.63) is 145 Å². The van der Waals surface area contributed by atoms with Gasteiger partial charge in [0, 0.05) is 11.4 Å². The van der Waals surface area contributed by atoms with Gasteiger partial charge in [0.1, 0.15) is 0 Å². The summed E-state index contributed by atoms with van der Waals surface area (Å²) in [5, 5.41) is 5.92.